The van der Waals surface area contributed by atoms with Crippen molar-refractivity contribution in [1.29, 1.82) is 0 Å². The van der Waals surface area contributed by atoms with Crippen molar-refractivity contribution in [3.8, 4) is 16.9 Å². The highest BCUT2D eigenvalue weighted by atomic mass is 16.6. The monoisotopic (exact) mass is 273 g/mol. The lowest BCUT2D eigenvalue weighted by molar-refractivity contribution is -0.384. The Morgan fingerprint density at radius 1 is 1.10 bits per heavy atom. The molecule has 2 aromatic carbocycles. The molecule has 0 unspecified atom stereocenters. The molecule has 0 aliphatic heterocycles. The molecule has 0 aliphatic carbocycles. The molecule has 0 fully saturated rings. The first-order valence-electron chi connectivity index (χ1n) is 6.52. The van der Waals surface area contributed by atoms with E-state index in [0.717, 1.165) is 16.7 Å². The number of rotatable bonds is 3. The minimum absolute atomic E-state index is 0.0761. The van der Waals surface area contributed by atoms with E-state index in [1.807, 2.05) is 44.2 Å². The Hall–Kier alpha value is -2.36. The Kier molecular flexibility index (Phi) is 5.72. The Morgan fingerprint density at radius 2 is 1.70 bits per heavy atom. The van der Waals surface area contributed by atoms with Crippen LogP contribution in [0.15, 0.2) is 42.5 Å². The molecule has 0 heterocycles. The van der Waals surface area contributed by atoms with Gasteiger partial charge in [-0.3, -0.25) is 10.1 Å². The first-order chi connectivity index (χ1) is 9.63. The van der Waals surface area contributed by atoms with Gasteiger partial charge in [-0.25, -0.2) is 0 Å². The van der Waals surface area contributed by atoms with Gasteiger partial charge in [0.2, 0.25) is 0 Å². The number of methoxy groups -OCH3 is 1. The van der Waals surface area contributed by atoms with Gasteiger partial charge in [0.1, 0.15) is 5.75 Å². The van der Waals surface area contributed by atoms with Gasteiger partial charge >= 0.3 is 0 Å². The molecular weight excluding hydrogens is 254 g/mol. The van der Waals surface area contributed by atoms with Gasteiger partial charge in [0.05, 0.1) is 12.0 Å². The molecule has 0 aliphatic rings. The van der Waals surface area contributed by atoms with E-state index in [1.54, 1.807) is 20.1 Å². The summed E-state index contributed by atoms with van der Waals surface area (Å²) in [5.74, 6) is 0.673. The smallest absolute Gasteiger partial charge is 0.270 e. The van der Waals surface area contributed by atoms with E-state index >= 15 is 0 Å². The van der Waals surface area contributed by atoms with Crippen molar-refractivity contribution in [2.24, 2.45) is 0 Å². The van der Waals surface area contributed by atoms with Crippen LogP contribution in [0.3, 0.4) is 0 Å². The lowest BCUT2D eigenvalue weighted by Gasteiger charge is -2.11. The fraction of sp³-hybridized carbons (Fsp3) is 0.250. The molecule has 2 rings (SSSR count). The molecule has 0 spiro atoms. The molecule has 106 valence electrons. The van der Waals surface area contributed by atoms with Gasteiger partial charge in [0.15, 0.2) is 0 Å². The summed E-state index contributed by atoms with van der Waals surface area (Å²) in [6.07, 6.45) is 0. The third-order valence-corrected chi connectivity index (χ3v) is 2.76. The number of hydrogen-bond donors (Lipinski definition) is 0. The summed E-state index contributed by atoms with van der Waals surface area (Å²) in [4.78, 5) is 10.5. The molecule has 0 atom stereocenters. The Bertz CT molecular complexity index is 580. The average molecular weight is 273 g/mol. The van der Waals surface area contributed by atoms with Crippen LogP contribution >= 0.6 is 0 Å². The van der Waals surface area contributed by atoms with Crippen LogP contribution in [0.2, 0.25) is 0 Å². The van der Waals surface area contributed by atoms with Crippen molar-refractivity contribution in [3.63, 3.8) is 0 Å². The quantitative estimate of drug-likeness (QED) is 0.606. The molecule has 4 nitrogen and oxygen atoms in total. The Morgan fingerprint density at radius 3 is 2.20 bits per heavy atom. The summed E-state index contributed by atoms with van der Waals surface area (Å²) >= 11 is 0. The predicted octanol–water partition coefficient (Wildman–Crippen LogP) is 4.61. The number of nitro groups is 1. The third kappa shape index (κ3) is 3.35. The van der Waals surface area contributed by atoms with Crippen molar-refractivity contribution in [2.45, 2.75) is 20.8 Å². The zero-order chi connectivity index (χ0) is 15.1. The maximum Gasteiger partial charge on any atom is 0.270 e. The molecule has 0 saturated carbocycles. The van der Waals surface area contributed by atoms with Crippen LogP contribution in [0, 0.1) is 17.0 Å². The summed E-state index contributed by atoms with van der Waals surface area (Å²) in [6.45, 7) is 5.80. The second-order valence-corrected chi connectivity index (χ2v) is 3.97. The van der Waals surface area contributed by atoms with Gasteiger partial charge in [0.25, 0.3) is 5.69 Å². The molecular formula is C16H19NO3. The molecule has 0 amide bonds. The van der Waals surface area contributed by atoms with Crippen LogP contribution in [0.5, 0.6) is 5.75 Å². The van der Waals surface area contributed by atoms with Crippen molar-refractivity contribution in [2.75, 3.05) is 7.11 Å². The average Bonchev–Trinajstić information content (AvgIpc) is 2.49. The minimum Gasteiger partial charge on any atom is -0.496 e. The van der Waals surface area contributed by atoms with E-state index in [0.29, 0.717) is 5.75 Å². The number of ether oxygens (including phenoxy) is 1. The molecule has 0 saturated heterocycles. The third-order valence-electron chi connectivity index (χ3n) is 2.76. The maximum atomic E-state index is 10.9. The van der Waals surface area contributed by atoms with Gasteiger partial charge in [-0.15, -0.1) is 0 Å². The van der Waals surface area contributed by atoms with E-state index in [9.17, 15) is 10.1 Å². The fourth-order valence-corrected chi connectivity index (χ4v) is 1.96. The van der Waals surface area contributed by atoms with Gasteiger partial charge in [0, 0.05) is 17.7 Å². The summed E-state index contributed by atoms with van der Waals surface area (Å²) in [5.41, 5.74) is 2.48. The van der Waals surface area contributed by atoms with Crippen molar-refractivity contribution < 1.29 is 9.66 Å². The lowest BCUT2D eigenvalue weighted by atomic mass is 10.0. The summed E-state index contributed by atoms with van der Waals surface area (Å²) in [6, 6.07) is 12.6. The minimum atomic E-state index is -0.390. The zero-order valence-corrected chi connectivity index (χ0v) is 12.2. The van der Waals surface area contributed by atoms with Crippen LogP contribution in [0.4, 0.5) is 5.69 Å². The number of hydrogen-bond acceptors (Lipinski definition) is 3. The fourth-order valence-electron chi connectivity index (χ4n) is 1.96. The number of non-ortho nitro benzene ring substituents is 1. The van der Waals surface area contributed by atoms with Crippen LogP contribution < -0.4 is 4.74 Å². The van der Waals surface area contributed by atoms with E-state index in [2.05, 4.69) is 0 Å². The normalized spacial score (nSPS) is 9.40. The van der Waals surface area contributed by atoms with Crippen molar-refractivity contribution in [3.05, 3.63) is 58.1 Å². The number of aryl methyl sites for hydroxylation is 1. The Labute approximate surface area is 119 Å². The first-order valence-corrected chi connectivity index (χ1v) is 6.52. The molecule has 0 aromatic heterocycles. The van der Waals surface area contributed by atoms with Crippen LogP contribution in [0.25, 0.3) is 11.1 Å². The summed E-state index contributed by atoms with van der Waals surface area (Å²) < 4.78 is 5.34. The van der Waals surface area contributed by atoms with Crippen molar-refractivity contribution >= 4 is 5.69 Å². The highest BCUT2D eigenvalue weighted by molar-refractivity contribution is 5.74. The van der Waals surface area contributed by atoms with Gasteiger partial charge in [-0.1, -0.05) is 44.2 Å². The highest BCUT2D eigenvalue weighted by Crippen LogP contribution is 2.36. The molecule has 0 bridgehead atoms. The zero-order valence-electron chi connectivity index (χ0n) is 12.2. The molecule has 20 heavy (non-hydrogen) atoms. The predicted molar refractivity (Wildman–Crippen MR) is 81.2 cm³/mol. The lowest BCUT2D eigenvalue weighted by Crippen LogP contribution is -1.95. The second-order valence-electron chi connectivity index (χ2n) is 3.97. The molecule has 0 N–H and O–H groups in total. The van der Waals surface area contributed by atoms with Gasteiger partial charge < -0.3 is 4.74 Å². The number of nitrogens with zero attached hydrogens (tertiary/aromatic N) is 1. The number of nitro benzene ring substituents is 1. The van der Waals surface area contributed by atoms with E-state index in [1.165, 1.54) is 6.07 Å². The maximum absolute atomic E-state index is 10.9. The SMILES string of the molecule is CC.COc1c(C)cc([N+](=O)[O-])cc1-c1ccccc1. The van der Waals surface area contributed by atoms with E-state index in [-0.39, 0.29) is 5.69 Å². The van der Waals surface area contributed by atoms with Gasteiger partial charge in [-0.2, -0.15) is 0 Å². The molecule has 4 heteroatoms. The first kappa shape index (κ1) is 15.7. The highest BCUT2D eigenvalue weighted by Gasteiger charge is 2.15. The molecule has 0 radical (unpaired) electrons. The topological polar surface area (TPSA) is 52.4 Å². The van der Waals surface area contributed by atoms with E-state index < -0.39 is 4.92 Å². The largest absolute Gasteiger partial charge is 0.496 e. The molecule has 2 aromatic rings. The van der Waals surface area contributed by atoms with Crippen molar-refractivity contribution in [1.82, 2.24) is 0 Å². The summed E-state index contributed by atoms with van der Waals surface area (Å²) in [7, 11) is 1.57. The number of benzene rings is 2. The standard InChI is InChI=1S/C14H13NO3.C2H6/c1-10-8-12(15(16)17)9-13(14(10)18-2)11-6-4-3-5-7-11;1-2/h3-9H,1-2H3;1-2H3. The summed E-state index contributed by atoms with van der Waals surface area (Å²) in [5, 5.41) is 10.9. The Balaban J connectivity index is 0.000000956. The van der Waals surface area contributed by atoms with Crippen LogP contribution in [-0.4, -0.2) is 12.0 Å². The van der Waals surface area contributed by atoms with E-state index in [4.69, 9.17) is 4.74 Å². The second kappa shape index (κ2) is 7.28. The van der Waals surface area contributed by atoms with Crippen LogP contribution in [0.1, 0.15) is 19.4 Å². The van der Waals surface area contributed by atoms with Gasteiger partial charge in [-0.05, 0) is 18.1 Å². The van der Waals surface area contributed by atoms with Crippen LogP contribution in [-0.2, 0) is 0 Å².